The van der Waals surface area contributed by atoms with Gasteiger partial charge in [-0.05, 0) is 53.1 Å². The van der Waals surface area contributed by atoms with Crippen LogP contribution in [0.2, 0.25) is 0 Å². The Morgan fingerprint density at radius 2 is 1.93 bits per heavy atom. The van der Waals surface area contributed by atoms with Gasteiger partial charge < -0.3 is 11.1 Å². The molecule has 0 spiro atoms. The first-order chi connectivity index (χ1) is 7.16. The zero-order chi connectivity index (χ0) is 11.5. The molecule has 0 aromatic carbocycles. The summed E-state index contributed by atoms with van der Waals surface area (Å²) >= 11 is 0. The topological polar surface area (TPSA) is 38.0 Å². The van der Waals surface area contributed by atoms with Crippen molar-refractivity contribution in [3.63, 3.8) is 0 Å². The lowest BCUT2D eigenvalue weighted by molar-refractivity contribution is 0.697. The first kappa shape index (κ1) is 14.4. The van der Waals surface area contributed by atoms with Crippen LogP contribution in [0.15, 0.2) is 23.3 Å². The van der Waals surface area contributed by atoms with E-state index in [4.69, 9.17) is 5.73 Å². The monoisotopic (exact) mass is 210 g/mol. The Labute approximate surface area is 94.6 Å². The Morgan fingerprint density at radius 1 is 1.20 bits per heavy atom. The van der Waals surface area contributed by atoms with Crippen LogP contribution in [0, 0.1) is 0 Å². The van der Waals surface area contributed by atoms with Crippen LogP contribution in [0.3, 0.4) is 0 Å². The normalized spacial score (nSPS) is 11.6. The highest BCUT2D eigenvalue weighted by atomic mass is 14.8. The number of nitrogens with two attached hydrogens (primary N) is 1. The maximum Gasteiger partial charge on any atom is 0.0137 e. The molecule has 0 fully saturated rings. The maximum atomic E-state index is 5.40. The Balaban J connectivity index is 3.48. The van der Waals surface area contributed by atoms with Gasteiger partial charge >= 0.3 is 0 Å². The molecule has 0 bridgehead atoms. The summed E-state index contributed by atoms with van der Waals surface area (Å²) in [5.74, 6) is 0. The smallest absolute Gasteiger partial charge is 0.0137 e. The predicted octanol–water partition coefficient (Wildman–Crippen LogP) is 2.62. The molecular formula is C13H26N2. The Morgan fingerprint density at radius 3 is 2.53 bits per heavy atom. The number of nitrogens with one attached hydrogen (secondary N) is 1. The van der Waals surface area contributed by atoms with Gasteiger partial charge in [-0.1, -0.05) is 23.3 Å². The minimum atomic E-state index is 0.774. The molecule has 0 amide bonds. The molecule has 0 heterocycles. The minimum absolute atomic E-state index is 0.774. The van der Waals surface area contributed by atoms with Gasteiger partial charge in [0, 0.05) is 6.54 Å². The van der Waals surface area contributed by atoms with Crippen LogP contribution in [0.5, 0.6) is 0 Å². The van der Waals surface area contributed by atoms with Gasteiger partial charge in [0.05, 0.1) is 0 Å². The average molecular weight is 210 g/mol. The summed E-state index contributed by atoms with van der Waals surface area (Å²) in [4.78, 5) is 0. The molecule has 3 N–H and O–H groups in total. The quantitative estimate of drug-likeness (QED) is 0.477. The summed E-state index contributed by atoms with van der Waals surface area (Å²) < 4.78 is 0. The molecule has 0 aliphatic heterocycles. The van der Waals surface area contributed by atoms with Gasteiger partial charge in [0.1, 0.15) is 0 Å². The van der Waals surface area contributed by atoms with Crippen LogP contribution < -0.4 is 11.1 Å². The molecular weight excluding hydrogens is 184 g/mol. The Kier molecular flexibility index (Phi) is 9.54. The average Bonchev–Trinajstić information content (AvgIpc) is 2.17. The van der Waals surface area contributed by atoms with Crippen molar-refractivity contribution in [2.75, 3.05) is 19.6 Å². The van der Waals surface area contributed by atoms with Crippen molar-refractivity contribution in [1.29, 1.82) is 0 Å². The van der Waals surface area contributed by atoms with Crippen LogP contribution in [0.1, 0.15) is 40.0 Å². The molecule has 0 aromatic heterocycles. The van der Waals surface area contributed by atoms with Gasteiger partial charge in [0.15, 0.2) is 0 Å². The molecule has 0 radical (unpaired) electrons. The second-order valence-electron chi connectivity index (χ2n) is 4.22. The van der Waals surface area contributed by atoms with Crippen molar-refractivity contribution < 1.29 is 0 Å². The summed E-state index contributed by atoms with van der Waals surface area (Å²) in [6, 6.07) is 0. The zero-order valence-corrected chi connectivity index (χ0v) is 10.5. The predicted molar refractivity (Wildman–Crippen MR) is 69.0 cm³/mol. The van der Waals surface area contributed by atoms with Gasteiger partial charge in [-0.25, -0.2) is 0 Å². The molecule has 0 saturated heterocycles. The fourth-order valence-corrected chi connectivity index (χ4v) is 1.27. The van der Waals surface area contributed by atoms with Crippen LogP contribution in [-0.2, 0) is 0 Å². The lowest BCUT2D eigenvalue weighted by atomic mass is 10.1. The molecule has 0 unspecified atom stereocenters. The third-order valence-corrected chi connectivity index (χ3v) is 2.24. The summed E-state index contributed by atoms with van der Waals surface area (Å²) in [6.45, 7) is 9.26. The third kappa shape index (κ3) is 11.3. The van der Waals surface area contributed by atoms with Crippen LogP contribution in [0.4, 0.5) is 0 Å². The van der Waals surface area contributed by atoms with Crippen molar-refractivity contribution in [2.45, 2.75) is 40.0 Å². The van der Waals surface area contributed by atoms with E-state index in [-0.39, 0.29) is 0 Å². The molecule has 2 heteroatoms. The number of allylic oxidation sites excluding steroid dienone is 3. The summed E-state index contributed by atoms with van der Waals surface area (Å²) in [5, 5.41) is 3.34. The molecule has 88 valence electrons. The van der Waals surface area contributed by atoms with E-state index in [0.717, 1.165) is 32.5 Å². The first-order valence-corrected chi connectivity index (χ1v) is 5.86. The SMILES string of the molecule is CC(C)=CCC/C(C)=C/CNCCCN. The van der Waals surface area contributed by atoms with Crippen molar-refractivity contribution in [2.24, 2.45) is 5.73 Å². The number of hydrogen-bond donors (Lipinski definition) is 2. The fraction of sp³-hybridized carbons (Fsp3) is 0.692. The van der Waals surface area contributed by atoms with E-state index in [1.807, 2.05) is 0 Å². The molecule has 0 rings (SSSR count). The van der Waals surface area contributed by atoms with E-state index in [1.54, 1.807) is 0 Å². The van der Waals surface area contributed by atoms with Gasteiger partial charge in [-0.15, -0.1) is 0 Å². The molecule has 15 heavy (non-hydrogen) atoms. The van der Waals surface area contributed by atoms with Crippen molar-refractivity contribution >= 4 is 0 Å². The van der Waals surface area contributed by atoms with Crippen LogP contribution in [-0.4, -0.2) is 19.6 Å². The second kappa shape index (κ2) is 9.94. The van der Waals surface area contributed by atoms with Crippen molar-refractivity contribution in [1.82, 2.24) is 5.32 Å². The van der Waals surface area contributed by atoms with Gasteiger partial charge in [-0.3, -0.25) is 0 Å². The highest BCUT2D eigenvalue weighted by molar-refractivity contribution is 5.02. The number of rotatable bonds is 8. The molecule has 0 aromatic rings. The molecule has 0 atom stereocenters. The van der Waals surface area contributed by atoms with E-state index in [2.05, 4.69) is 38.2 Å². The maximum absolute atomic E-state index is 5.40. The van der Waals surface area contributed by atoms with E-state index in [0.29, 0.717) is 0 Å². The largest absolute Gasteiger partial charge is 0.330 e. The first-order valence-electron chi connectivity index (χ1n) is 5.86. The molecule has 0 aliphatic carbocycles. The van der Waals surface area contributed by atoms with E-state index in [9.17, 15) is 0 Å². The van der Waals surface area contributed by atoms with Crippen LogP contribution >= 0.6 is 0 Å². The Bertz CT molecular complexity index is 201. The van der Waals surface area contributed by atoms with E-state index < -0.39 is 0 Å². The highest BCUT2D eigenvalue weighted by Crippen LogP contribution is 2.05. The fourth-order valence-electron chi connectivity index (χ4n) is 1.27. The molecule has 0 saturated carbocycles. The molecule has 2 nitrogen and oxygen atoms in total. The minimum Gasteiger partial charge on any atom is -0.330 e. The van der Waals surface area contributed by atoms with Crippen molar-refractivity contribution in [3.8, 4) is 0 Å². The molecule has 0 aliphatic rings. The van der Waals surface area contributed by atoms with E-state index >= 15 is 0 Å². The van der Waals surface area contributed by atoms with E-state index in [1.165, 1.54) is 17.6 Å². The summed E-state index contributed by atoms with van der Waals surface area (Å²) in [6.07, 6.45) is 7.95. The highest BCUT2D eigenvalue weighted by Gasteiger charge is 1.89. The standard InChI is InChI=1S/C13H26N2/c1-12(2)6-4-7-13(3)8-11-15-10-5-9-14/h6,8,15H,4-5,7,9-11,14H2,1-3H3/b13-8+. The van der Waals surface area contributed by atoms with Crippen LogP contribution in [0.25, 0.3) is 0 Å². The van der Waals surface area contributed by atoms with Gasteiger partial charge in [0.2, 0.25) is 0 Å². The zero-order valence-electron chi connectivity index (χ0n) is 10.5. The Hall–Kier alpha value is -0.600. The lowest BCUT2D eigenvalue weighted by Gasteiger charge is -2.01. The second-order valence-corrected chi connectivity index (χ2v) is 4.22. The summed E-state index contributed by atoms with van der Waals surface area (Å²) in [5.41, 5.74) is 8.27. The third-order valence-electron chi connectivity index (χ3n) is 2.24. The van der Waals surface area contributed by atoms with Gasteiger partial charge in [-0.2, -0.15) is 0 Å². The van der Waals surface area contributed by atoms with Gasteiger partial charge in [0.25, 0.3) is 0 Å². The summed E-state index contributed by atoms with van der Waals surface area (Å²) in [7, 11) is 0. The van der Waals surface area contributed by atoms with Crippen molar-refractivity contribution in [3.05, 3.63) is 23.3 Å². The lowest BCUT2D eigenvalue weighted by Crippen LogP contribution is -2.18. The number of hydrogen-bond acceptors (Lipinski definition) is 2.